The smallest absolute Gasteiger partial charge is 0.144 e. The van der Waals surface area contributed by atoms with Gasteiger partial charge in [-0.25, -0.2) is 0 Å². The van der Waals surface area contributed by atoms with Gasteiger partial charge < -0.3 is 5.73 Å². The van der Waals surface area contributed by atoms with E-state index < -0.39 is 0 Å². The number of carbonyl (C=O) groups is 1. The molecule has 0 bridgehead atoms. The zero-order valence-electron chi connectivity index (χ0n) is 12.6. The molecule has 0 aliphatic heterocycles. The second-order valence-corrected chi connectivity index (χ2v) is 7.44. The predicted octanol–water partition coefficient (Wildman–Crippen LogP) is 4.17. The topological polar surface area (TPSA) is 43.1 Å². The average Bonchev–Trinajstić information content (AvgIpc) is 2.92. The van der Waals surface area contributed by atoms with Crippen molar-refractivity contribution in [2.75, 3.05) is 6.54 Å². The normalized spacial score (nSPS) is 26.1. The third-order valence-corrected chi connectivity index (χ3v) is 6.14. The molecule has 1 aliphatic carbocycles. The number of Topliss-reactive ketones (excluding diaryl/α,β-unsaturated/α-hetero) is 1. The lowest BCUT2D eigenvalue weighted by Gasteiger charge is -2.37. The van der Waals surface area contributed by atoms with Gasteiger partial charge in [0.2, 0.25) is 0 Å². The zero-order chi connectivity index (χ0) is 14.9. The van der Waals surface area contributed by atoms with Gasteiger partial charge in [-0.15, -0.1) is 11.3 Å². The summed E-state index contributed by atoms with van der Waals surface area (Å²) < 4.78 is 1.26. The number of hydrogen-bond acceptors (Lipinski definition) is 3. The van der Waals surface area contributed by atoms with E-state index in [4.69, 9.17) is 5.73 Å². The Morgan fingerprint density at radius 3 is 2.76 bits per heavy atom. The highest BCUT2D eigenvalue weighted by Crippen LogP contribution is 2.40. The van der Waals surface area contributed by atoms with Crippen LogP contribution in [0.3, 0.4) is 0 Å². The molecule has 1 aliphatic rings. The Morgan fingerprint density at radius 2 is 2.05 bits per heavy atom. The molecule has 0 spiro atoms. The van der Waals surface area contributed by atoms with Crippen LogP contribution < -0.4 is 5.73 Å². The maximum absolute atomic E-state index is 12.9. The van der Waals surface area contributed by atoms with Crippen molar-refractivity contribution in [1.82, 2.24) is 0 Å². The summed E-state index contributed by atoms with van der Waals surface area (Å²) in [4.78, 5) is 12.9. The number of benzene rings is 1. The van der Waals surface area contributed by atoms with Crippen LogP contribution in [-0.4, -0.2) is 12.3 Å². The molecule has 112 valence electrons. The van der Waals surface area contributed by atoms with Crippen LogP contribution in [0, 0.1) is 11.3 Å². The first-order valence-electron chi connectivity index (χ1n) is 7.83. The molecule has 0 unspecified atom stereocenters. The molecule has 3 heteroatoms. The van der Waals surface area contributed by atoms with Gasteiger partial charge >= 0.3 is 0 Å². The molecule has 2 aromatic rings. The van der Waals surface area contributed by atoms with Gasteiger partial charge in [-0.1, -0.05) is 25.1 Å². The minimum atomic E-state index is -0.268. The van der Waals surface area contributed by atoms with Crippen LogP contribution >= 0.6 is 11.3 Å². The molecule has 3 rings (SSSR count). The van der Waals surface area contributed by atoms with E-state index in [2.05, 4.69) is 24.4 Å². The second-order valence-electron chi connectivity index (χ2n) is 6.52. The van der Waals surface area contributed by atoms with Gasteiger partial charge in [0.05, 0.1) is 0 Å². The van der Waals surface area contributed by atoms with Crippen molar-refractivity contribution in [3.8, 4) is 0 Å². The van der Waals surface area contributed by atoms with Gasteiger partial charge in [0.15, 0.2) is 0 Å². The van der Waals surface area contributed by atoms with E-state index in [9.17, 15) is 4.79 Å². The highest BCUT2D eigenvalue weighted by molar-refractivity contribution is 7.17. The van der Waals surface area contributed by atoms with Crippen molar-refractivity contribution in [1.29, 1.82) is 0 Å². The van der Waals surface area contributed by atoms with E-state index in [1.807, 2.05) is 12.1 Å². The number of carbonyl (C=O) groups excluding carboxylic acids is 1. The molecule has 2 N–H and O–H groups in total. The van der Waals surface area contributed by atoms with Crippen molar-refractivity contribution < 1.29 is 4.79 Å². The molecule has 0 atom stereocenters. The lowest BCUT2D eigenvalue weighted by atomic mass is 9.67. The fourth-order valence-corrected chi connectivity index (χ4v) is 4.40. The van der Waals surface area contributed by atoms with Gasteiger partial charge in [-0.3, -0.25) is 4.79 Å². The lowest BCUT2D eigenvalue weighted by molar-refractivity contribution is -0.129. The van der Waals surface area contributed by atoms with Gasteiger partial charge in [0.25, 0.3) is 0 Å². The number of rotatable bonds is 4. The highest BCUT2D eigenvalue weighted by atomic mass is 32.1. The molecular weight excluding hydrogens is 278 g/mol. The lowest BCUT2D eigenvalue weighted by Crippen LogP contribution is -2.42. The maximum Gasteiger partial charge on any atom is 0.144 e. The van der Waals surface area contributed by atoms with Gasteiger partial charge in [-0.2, -0.15) is 0 Å². The molecule has 1 aromatic heterocycles. The quantitative estimate of drug-likeness (QED) is 0.921. The molecule has 21 heavy (non-hydrogen) atoms. The van der Waals surface area contributed by atoms with E-state index in [1.54, 1.807) is 11.3 Å². The van der Waals surface area contributed by atoms with Crippen molar-refractivity contribution in [3.63, 3.8) is 0 Å². The number of hydrogen-bond donors (Lipinski definition) is 1. The first-order chi connectivity index (χ1) is 10.1. The SMILES string of the molecule is CC1CCC(CN)(C(=O)Cc2csc3ccccc23)CC1. The van der Waals surface area contributed by atoms with E-state index in [-0.39, 0.29) is 5.41 Å². The van der Waals surface area contributed by atoms with Crippen LogP contribution in [-0.2, 0) is 11.2 Å². The van der Waals surface area contributed by atoms with E-state index in [1.165, 1.54) is 15.6 Å². The van der Waals surface area contributed by atoms with E-state index in [0.717, 1.165) is 31.6 Å². The summed E-state index contributed by atoms with van der Waals surface area (Å²) in [6.07, 6.45) is 4.73. The molecule has 0 amide bonds. The molecule has 1 heterocycles. The molecular formula is C18H23NOS. The van der Waals surface area contributed by atoms with Gasteiger partial charge in [-0.05, 0) is 54.0 Å². The monoisotopic (exact) mass is 301 g/mol. The van der Waals surface area contributed by atoms with Crippen LogP contribution in [0.15, 0.2) is 29.6 Å². The molecule has 1 aromatic carbocycles. The van der Waals surface area contributed by atoms with Gasteiger partial charge in [0.1, 0.15) is 5.78 Å². The van der Waals surface area contributed by atoms with Crippen LogP contribution in [0.25, 0.3) is 10.1 Å². The Morgan fingerprint density at radius 1 is 1.33 bits per heavy atom. The number of nitrogens with two attached hydrogens (primary N) is 1. The summed E-state index contributed by atoms with van der Waals surface area (Å²) in [6, 6.07) is 8.33. The summed E-state index contributed by atoms with van der Waals surface area (Å²) >= 11 is 1.73. The average molecular weight is 301 g/mol. The number of fused-ring (bicyclic) bond motifs is 1. The third kappa shape index (κ3) is 2.77. The van der Waals surface area contributed by atoms with Crippen molar-refractivity contribution >= 4 is 27.2 Å². The number of ketones is 1. The molecule has 0 radical (unpaired) electrons. The van der Waals surface area contributed by atoms with E-state index >= 15 is 0 Å². The third-order valence-electron chi connectivity index (χ3n) is 5.13. The minimum Gasteiger partial charge on any atom is -0.329 e. The summed E-state index contributed by atoms with van der Waals surface area (Å²) in [5.74, 6) is 1.08. The van der Waals surface area contributed by atoms with Crippen LogP contribution in [0.2, 0.25) is 0 Å². The fraction of sp³-hybridized carbons (Fsp3) is 0.500. The fourth-order valence-electron chi connectivity index (χ4n) is 3.44. The predicted molar refractivity (Wildman–Crippen MR) is 89.7 cm³/mol. The Labute approximate surface area is 130 Å². The standard InChI is InChI=1S/C18H23NOS/c1-13-6-8-18(12-19,9-7-13)17(20)10-14-11-21-16-5-3-2-4-15(14)16/h2-5,11,13H,6-10,12,19H2,1H3. The van der Waals surface area contributed by atoms with Crippen LogP contribution in [0.5, 0.6) is 0 Å². The summed E-state index contributed by atoms with van der Waals surface area (Å²) in [5, 5.41) is 3.37. The summed E-state index contributed by atoms with van der Waals surface area (Å²) in [7, 11) is 0. The molecule has 1 fully saturated rings. The summed E-state index contributed by atoms with van der Waals surface area (Å²) in [6.45, 7) is 2.78. The Bertz CT molecular complexity index is 637. The van der Waals surface area contributed by atoms with Crippen molar-refractivity contribution in [2.24, 2.45) is 17.1 Å². The second kappa shape index (κ2) is 5.90. The van der Waals surface area contributed by atoms with Crippen molar-refractivity contribution in [2.45, 2.75) is 39.0 Å². The molecule has 2 nitrogen and oxygen atoms in total. The Hall–Kier alpha value is -1.19. The minimum absolute atomic E-state index is 0.268. The molecule has 1 saturated carbocycles. The summed E-state index contributed by atoms with van der Waals surface area (Å²) in [5.41, 5.74) is 6.91. The highest BCUT2D eigenvalue weighted by Gasteiger charge is 2.39. The van der Waals surface area contributed by atoms with E-state index in [0.29, 0.717) is 18.7 Å². The van der Waals surface area contributed by atoms with Crippen LogP contribution in [0.4, 0.5) is 0 Å². The van der Waals surface area contributed by atoms with Gasteiger partial charge in [0, 0.05) is 23.1 Å². The van der Waals surface area contributed by atoms with Crippen molar-refractivity contribution in [3.05, 3.63) is 35.2 Å². The largest absolute Gasteiger partial charge is 0.329 e. The Balaban J connectivity index is 1.82. The van der Waals surface area contributed by atoms with Crippen LogP contribution in [0.1, 0.15) is 38.2 Å². The zero-order valence-corrected chi connectivity index (χ0v) is 13.4. The Kier molecular flexibility index (Phi) is 4.14. The first-order valence-corrected chi connectivity index (χ1v) is 8.71. The molecule has 0 saturated heterocycles. The maximum atomic E-state index is 12.9. The first kappa shape index (κ1) is 14.7. The number of thiophene rings is 1.